The average Bonchev–Trinajstić information content (AvgIpc) is 2.75. The molecule has 0 heterocycles. The molecular formula is C21H42O2. The summed E-state index contributed by atoms with van der Waals surface area (Å²) in [6.07, 6.45) is 0.222. The predicted octanol–water partition coefficient (Wildman–Crippen LogP) is 7.70. The number of carboxylic acid groups (broad SMARTS) is 1. The molecule has 0 radical (unpaired) electrons. The highest BCUT2D eigenvalue weighted by molar-refractivity contribution is 5.66. The van der Waals surface area contributed by atoms with Gasteiger partial charge in [-0.3, -0.25) is 4.79 Å². The van der Waals surface area contributed by atoms with Gasteiger partial charge in [0.2, 0.25) is 0 Å². The zero-order valence-corrected chi connectivity index (χ0v) is 15.8. The van der Waals surface area contributed by atoms with Gasteiger partial charge < -0.3 is 5.11 Å². The molecule has 0 fully saturated rings. The maximum atomic E-state index is 9.37. The second-order valence-electron chi connectivity index (χ2n) is 0.747. The quantitative estimate of drug-likeness (QED) is 0.501. The van der Waals surface area contributed by atoms with E-state index >= 15 is 0 Å². The van der Waals surface area contributed by atoms with E-state index in [0.29, 0.717) is 0 Å². The van der Waals surface area contributed by atoms with Gasteiger partial charge in [-0.15, -0.1) is 118 Å². The van der Waals surface area contributed by atoms with Gasteiger partial charge >= 0.3 is 5.97 Å². The number of carboxylic acids is 1. The van der Waals surface area contributed by atoms with Crippen LogP contribution in [0, 0.1) is 0 Å². The van der Waals surface area contributed by atoms with Crippen molar-refractivity contribution in [2.75, 3.05) is 0 Å². The summed E-state index contributed by atoms with van der Waals surface area (Å²) in [6, 6.07) is 0. The molecule has 2 nitrogen and oxygen atoms in total. The van der Waals surface area contributed by atoms with E-state index in [0.717, 1.165) is 0 Å². The van der Waals surface area contributed by atoms with Gasteiger partial charge in [-0.1, -0.05) is 6.92 Å². The number of hydrogen-bond donors (Lipinski definition) is 1. The van der Waals surface area contributed by atoms with Crippen molar-refractivity contribution >= 4 is 5.97 Å². The molecule has 0 aliphatic rings. The van der Waals surface area contributed by atoms with Crippen LogP contribution in [0.5, 0.6) is 0 Å². The van der Waals surface area contributed by atoms with E-state index in [2.05, 4.69) is 118 Å². The van der Waals surface area contributed by atoms with Gasteiger partial charge in [0.15, 0.2) is 0 Å². The fourth-order valence-electron chi connectivity index (χ4n) is 0. The Morgan fingerprint density at radius 1 is 0.522 bits per heavy atom. The molecule has 23 heavy (non-hydrogen) atoms. The van der Waals surface area contributed by atoms with Gasteiger partial charge in [-0.05, 0) is 0 Å². The smallest absolute Gasteiger partial charge is 0.303 e. The van der Waals surface area contributed by atoms with Crippen molar-refractivity contribution in [1.29, 1.82) is 0 Å². The number of carbonyl (C=O) groups is 1. The maximum Gasteiger partial charge on any atom is 0.303 e. The van der Waals surface area contributed by atoms with Crippen LogP contribution in [0.2, 0.25) is 0 Å². The van der Waals surface area contributed by atoms with Crippen LogP contribution >= 0.6 is 0 Å². The first kappa shape index (κ1) is 71.8. The first-order valence-electron chi connectivity index (χ1n) is 5.99. The molecule has 0 rings (SSSR count). The molecule has 0 spiro atoms. The van der Waals surface area contributed by atoms with Crippen molar-refractivity contribution in [2.45, 2.75) is 13.3 Å². The van der Waals surface area contributed by atoms with Crippen LogP contribution in [0.4, 0.5) is 0 Å². The molecule has 0 amide bonds. The van der Waals surface area contributed by atoms with Gasteiger partial charge in [-0.2, -0.15) is 0 Å². The molecule has 0 aliphatic heterocycles. The lowest BCUT2D eigenvalue weighted by Crippen LogP contribution is -1.86. The fraction of sp³-hybridized carbons (Fsp3) is 0.0952. The SMILES string of the molecule is C=C.C=C.C=C.C=C.C=C.C=C.C=C.C=C.C=C.CCC(=O)O. The molecule has 0 saturated carbocycles. The van der Waals surface area contributed by atoms with E-state index < -0.39 is 5.97 Å². The highest BCUT2D eigenvalue weighted by atomic mass is 16.4. The summed E-state index contributed by atoms with van der Waals surface area (Å²) in [6.45, 7) is 55.6. The lowest BCUT2D eigenvalue weighted by atomic mass is 10.5. The molecular weight excluding hydrogens is 284 g/mol. The number of aliphatic carboxylic acids is 1. The minimum Gasteiger partial charge on any atom is -0.481 e. The van der Waals surface area contributed by atoms with E-state index in [4.69, 9.17) is 5.11 Å². The molecule has 0 bridgehead atoms. The molecule has 0 aromatic carbocycles. The molecule has 0 atom stereocenters. The molecule has 1 N–H and O–H groups in total. The molecule has 0 saturated heterocycles. The van der Waals surface area contributed by atoms with Crippen molar-refractivity contribution in [3.05, 3.63) is 118 Å². The topological polar surface area (TPSA) is 37.3 Å². The summed E-state index contributed by atoms with van der Waals surface area (Å²) >= 11 is 0. The zero-order chi connectivity index (χ0) is 22.3. The molecule has 0 aliphatic carbocycles. The van der Waals surface area contributed by atoms with Gasteiger partial charge in [0.25, 0.3) is 0 Å². The molecule has 0 aromatic rings. The fourth-order valence-corrected chi connectivity index (χ4v) is 0. The monoisotopic (exact) mass is 326 g/mol. The van der Waals surface area contributed by atoms with E-state index in [1.54, 1.807) is 6.92 Å². The highest BCUT2D eigenvalue weighted by Gasteiger charge is 1.80. The number of rotatable bonds is 1. The zero-order valence-electron chi connectivity index (χ0n) is 15.8. The predicted molar refractivity (Wildman–Crippen MR) is 119 cm³/mol. The van der Waals surface area contributed by atoms with Gasteiger partial charge in [-0.25, -0.2) is 0 Å². The van der Waals surface area contributed by atoms with Crippen LogP contribution in [-0.2, 0) is 4.79 Å². The van der Waals surface area contributed by atoms with Crippen LogP contribution in [0.1, 0.15) is 13.3 Å². The van der Waals surface area contributed by atoms with Crippen LogP contribution in [0.25, 0.3) is 0 Å². The van der Waals surface area contributed by atoms with Crippen molar-refractivity contribution in [3.63, 3.8) is 0 Å². The second kappa shape index (κ2) is 4920. The third-order valence-electron chi connectivity index (χ3n) is 0.302. The van der Waals surface area contributed by atoms with Crippen molar-refractivity contribution < 1.29 is 9.90 Å². The first-order valence-corrected chi connectivity index (χ1v) is 5.99. The first-order chi connectivity index (χ1) is 11.3. The van der Waals surface area contributed by atoms with Gasteiger partial charge in [0.1, 0.15) is 0 Å². The molecule has 0 aromatic heterocycles. The Morgan fingerprint density at radius 3 is 0.565 bits per heavy atom. The summed E-state index contributed by atoms with van der Waals surface area (Å²) in [5, 5.41) is 7.72. The van der Waals surface area contributed by atoms with Gasteiger partial charge in [0, 0.05) is 6.42 Å². The van der Waals surface area contributed by atoms with Crippen molar-refractivity contribution in [3.8, 4) is 0 Å². The Balaban J connectivity index is -0.0000000106. The van der Waals surface area contributed by atoms with Crippen molar-refractivity contribution in [2.24, 2.45) is 0 Å². The second-order valence-corrected chi connectivity index (χ2v) is 0.747. The summed E-state index contributed by atoms with van der Waals surface area (Å²) in [5.74, 6) is -0.745. The molecule has 138 valence electrons. The summed E-state index contributed by atoms with van der Waals surface area (Å²) in [7, 11) is 0. The molecule has 2 heteroatoms. The van der Waals surface area contributed by atoms with E-state index in [-0.39, 0.29) is 6.42 Å². The van der Waals surface area contributed by atoms with Gasteiger partial charge in [0.05, 0.1) is 0 Å². The largest absolute Gasteiger partial charge is 0.481 e. The Bertz CT molecular complexity index is 105. The average molecular weight is 327 g/mol. The Morgan fingerprint density at radius 2 is 0.565 bits per heavy atom. The van der Waals surface area contributed by atoms with Crippen LogP contribution in [0.15, 0.2) is 118 Å². The third kappa shape index (κ3) is 7420. The Kier molecular flexibility index (Phi) is 15400. The van der Waals surface area contributed by atoms with Crippen LogP contribution in [0.3, 0.4) is 0 Å². The van der Waals surface area contributed by atoms with E-state index in [1.165, 1.54) is 0 Å². The van der Waals surface area contributed by atoms with Crippen molar-refractivity contribution in [1.82, 2.24) is 0 Å². The summed E-state index contributed by atoms with van der Waals surface area (Å²) in [5.41, 5.74) is 0. The number of hydrogen-bond acceptors (Lipinski definition) is 1. The Hall–Kier alpha value is -2.87. The van der Waals surface area contributed by atoms with E-state index in [1.807, 2.05) is 0 Å². The summed E-state index contributed by atoms with van der Waals surface area (Å²) < 4.78 is 0. The third-order valence-corrected chi connectivity index (χ3v) is 0.302. The van der Waals surface area contributed by atoms with E-state index in [9.17, 15) is 4.79 Å². The molecule has 0 unspecified atom stereocenters. The minimum atomic E-state index is -0.745. The minimum absolute atomic E-state index is 0.222. The van der Waals surface area contributed by atoms with Crippen LogP contribution in [-0.4, -0.2) is 11.1 Å². The highest BCUT2D eigenvalue weighted by Crippen LogP contribution is 1.67. The maximum absolute atomic E-state index is 9.37. The Labute approximate surface area is 148 Å². The standard InChI is InChI=1S/C3H6O2.9C2H4/c1-2-3(4)5;9*1-2/h2H2,1H3,(H,4,5);9*1-2H2. The lowest BCUT2D eigenvalue weighted by molar-refractivity contribution is -0.136. The van der Waals surface area contributed by atoms with Crippen LogP contribution < -0.4 is 0 Å². The lowest BCUT2D eigenvalue weighted by Gasteiger charge is -1.71. The normalized spacial score (nSPS) is 3.17. The summed E-state index contributed by atoms with van der Waals surface area (Å²) in [4.78, 5) is 9.37.